The molecule has 1 aromatic carbocycles. The van der Waals surface area contributed by atoms with Crippen molar-refractivity contribution in [1.82, 2.24) is 9.88 Å². The van der Waals surface area contributed by atoms with Gasteiger partial charge in [0.2, 0.25) is 0 Å². The Kier molecular flexibility index (Phi) is 2.13. The molecular formula is C16H20N2. The summed E-state index contributed by atoms with van der Waals surface area (Å²) in [6.07, 6.45) is 6.21. The Hall–Kier alpha value is -1.28. The van der Waals surface area contributed by atoms with Gasteiger partial charge >= 0.3 is 0 Å². The number of benzene rings is 1. The normalized spacial score (nSPS) is 30.8. The third kappa shape index (κ3) is 1.45. The molecule has 1 aromatic heterocycles. The molecule has 0 amide bonds. The highest BCUT2D eigenvalue weighted by molar-refractivity contribution is 5.83. The van der Waals surface area contributed by atoms with Crippen LogP contribution in [0.4, 0.5) is 0 Å². The molecule has 18 heavy (non-hydrogen) atoms. The van der Waals surface area contributed by atoms with Crippen molar-refractivity contribution in [2.75, 3.05) is 13.1 Å². The number of hydrogen-bond acceptors (Lipinski definition) is 1. The average Bonchev–Trinajstić information content (AvgIpc) is 2.77. The van der Waals surface area contributed by atoms with Crippen LogP contribution in [0.2, 0.25) is 0 Å². The molecule has 2 aliphatic rings. The topological polar surface area (TPSA) is 19.0 Å². The van der Waals surface area contributed by atoms with Crippen molar-refractivity contribution in [2.45, 2.75) is 31.7 Å². The van der Waals surface area contributed by atoms with E-state index in [9.17, 15) is 0 Å². The molecule has 2 aromatic rings. The number of aromatic amines is 1. The predicted octanol–water partition coefficient (Wildman–Crippen LogP) is 3.19. The van der Waals surface area contributed by atoms with Crippen LogP contribution in [-0.4, -0.2) is 28.5 Å². The van der Waals surface area contributed by atoms with Crippen molar-refractivity contribution in [1.29, 1.82) is 0 Å². The van der Waals surface area contributed by atoms with E-state index in [0.717, 1.165) is 5.92 Å². The zero-order valence-electron chi connectivity index (χ0n) is 10.9. The summed E-state index contributed by atoms with van der Waals surface area (Å²) < 4.78 is 0. The molecule has 2 unspecified atom stereocenters. The second kappa shape index (κ2) is 3.61. The van der Waals surface area contributed by atoms with Crippen LogP contribution in [0.15, 0.2) is 30.5 Å². The summed E-state index contributed by atoms with van der Waals surface area (Å²) in [6, 6.07) is 8.62. The quantitative estimate of drug-likeness (QED) is 0.873. The fourth-order valence-electron chi connectivity index (χ4n) is 3.77. The lowest BCUT2D eigenvalue weighted by Crippen LogP contribution is -2.33. The standard InChI is InChI=1S/C16H20N2/c1-16-10-13(16)7-9-18(16)8-6-12-11-17-15-5-3-2-4-14(12)15/h2-5,11,13,17H,6-10H2,1H3. The molecule has 2 heteroatoms. The molecule has 2 atom stereocenters. The number of hydrogen-bond donors (Lipinski definition) is 1. The van der Waals surface area contributed by atoms with Crippen LogP contribution in [0.3, 0.4) is 0 Å². The Morgan fingerprint density at radius 2 is 2.28 bits per heavy atom. The lowest BCUT2D eigenvalue weighted by Gasteiger charge is -2.24. The smallest absolute Gasteiger partial charge is 0.0456 e. The van der Waals surface area contributed by atoms with E-state index < -0.39 is 0 Å². The molecule has 2 nitrogen and oxygen atoms in total. The maximum absolute atomic E-state index is 3.38. The van der Waals surface area contributed by atoms with Gasteiger partial charge in [-0.2, -0.15) is 0 Å². The summed E-state index contributed by atoms with van der Waals surface area (Å²) in [4.78, 5) is 6.08. The van der Waals surface area contributed by atoms with Crippen LogP contribution < -0.4 is 0 Å². The van der Waals surface area contributed by atoms with Crippen LogP contribution >= 0.6 is 0 Å². The molecule has 2 heterocycles. The van der Waals surface area contributed by atoms with Gasteiger partial charge in [-0.3, -0.25) is 4.90 Å². The molecule has 1 saturated carbocycles. The number of nitrogens with zero attached hydrogens (tertiary/aromatic N) is 1. The van der Waals surface area contributed by atoms with Crippen molar-refractivity contribution in [3.63, 3.8) is 0 Å². The van der Waals surface area contributed by atoms with Gasteiger partial charge in [-0.15, -0.1) is 0 Å². The van der Waals surface area contributed by atoms with Crippen molar-refractivity contribution in [2.24, 2.45) is 5.92 Å². The van der Waals surface area contributed by atoms with Crippen molar-refractivity contribution >= 4 is 10.9 Å². The lowest BCUT2D eigenvalue weighted by molar-refractivity contribution is 0.229. The van der Waals surface area contributed by atoms with Crippen molar-refractivity contribution < 1.29 is 0 Å². The number of nitrogens with one attached hydrogen (secondary N) is 1. The Morgan fingerprint density at radius 3 is 3.06 bits per heavy atom. The molecule has 4 rings (SSSR count). The highest BCUT2D eigenvalue weighted by Gasteiger charge is 2.57. The Morgan fingerprint density at radius 1 is 1.39 bits per heavy atom. The third-order valence-corrected chi connectivity index (χ3v) is 5.17. The van der Waals surface area contributed by atoms with E-state index in [4.69, 9.17) is 0 Å². The maximum atomic E-state index is 3.38. The van der Waals surface area contributed by atoms with Gasteiger partial charge in [0.25, 0.3) is 0 Å². The minimum absolute atomic E-state index is 0.562. The Bertz CT molecular complexity index is 584. The fraction of sp³-hybridized carbons (Fsp3) is 0.500. The van der Waals surface area contributed by atoms with Gasteiger partial charge in [0.1, 0.15) is 0 Å². The number of likely N-dealkylation sites (tertiary alicyclic amines) is 1. The first-order chi connectivity index (χ1) is 8.77. The Labute approximate surface area is 108 Å². The molecule has 0 spiro atoms. The minimum Gasteiger partial charge on any atom is -0.361 e. The fourth-order valence-corrected chi connectivity index (χ4v) is 3.77. The molecule has 1 saturated heterocycles. The van der Waals surface area contributed by atoms with E-state index in [1.54, 1.807) is 0 Å². The van der Waals surface area contributed by atoms with Gasteiger partial charge in [-0.05, 0) is 50.3 Å². The molecule has 0 radical (unpaired) electrons. The zero-order chi connectivity index (χ0) is 12.2. The van der Waals surface area contributed by atoms with Crippen molar-refractivity contribution in [3.05, 3.63) is 36.0 Å². The van der Waals surface area contributed by atoms with Crippen LogP contribution in [0, 0.1) is 5.92 Å². The number of aromatic nitrogens is 1. The van der Waals surface area contributed by atoms with E-state index in [1.165, 1.54) is 48.8 Å². The number of piperidine rings is 1. The summed E-state index contributed by atoms with van der Waals surface area (Å²) >= 11 is 0. The van der Waals surface area contributed by atoms with Gasteiger partial charge in [-0.25, -0.2) is 0 Å². The largest absolute Gasteiger partial charge is 0.361 e. The summed E-state index contributed by atoms with van der Waals surface area (Å²) in [5.41, 5.74) is 3.30. The number of rotatable bonds is 3. The number of fused-ring (bicyclic) bond motifs is 2. The van der Waals surface area contributed by atoms with Crippen LogP contribution in [-0.2, 0) is 6.42 Å². The molecule has 1 aliphatic heterocycles. The van der Waals surface area contributed by atoms with Crippen molar-refractivity contribution in [3.8, 4) is 0 Å². The van der Waals surface area contributed by atoms with E-state index in [-0.39, 0.29) is 0 Å². The van der Waals surface area contributed by atoms with Gasteiger partial charge in [-0.1, -0.05) is 18.2 Å². The molecule has 2 fully saturated rings. The van der Waals surface area contributed by atoms with Crippen LogP contribution in [0.25, 0.3) is 10.9 Å². The number of para-hydroxylation sites is 1. The highest BCUT2D eigenvalue weighted by atomic mass is 15.3. The van der Waals surface area contributed by atoms with E-state index in [2.05, 4.69) is 47.3 Å². The van der Waals surface area contributed by atoms with Gasteiger partial charge < -0.3 is 4.98 Å². The summed E-state index contributed by atoms with van der Waals surface area (Å²) in [7, 11) is 0. The predicted molar refractivity (Wildman–Crippen MR) is 74.7 cm³/mol. The number of H-pyrrole nitrogens is 1. The summed E-state index contributed by atoms with van der Waals surface area (Å²) in [5.74, 6) is 1.00. The molecule has 0 bridgehead atoms. The maximum Gasteiger partial charge on any atom is 0.0456 e. The van der Waals surface area contributed by atoms with E-state index in [1.807, 2.05) is 0 Å². The second-order valence-corrected chi connectivity index (χ2v) is 6.14. The summed E-state index contributed by atoms with van der Waals surface area (Å²) in [5, 5.41) is 1.40. The minimum atomic E-state index is 0.562. The molecule has 1 aliphatic carbocycles. The average molecular weight is 240 g/mol. The van der Waals surface area contributed by atoms with Gasteiger partial charge in [0, 0.05) is 29.2 Å². The van der Waals surface area contributed by atoms with E-state index in [0.29, 0.717) is 5.54 Å². The molecule has 1 N–H and O–H groups in total. The lowest BCUT2D eigenvalue weighted by atomic mass is 10.1. The second-order valence-electron chi connectivity index (χ2n) is 6.14. The molecular weight excluding hydrogens is 220 g/mol. The van der Waals surface area contributed by atoms with Gasteiger partial charge in [0.15, 0.2) is 0 Å². The SMILES string of the molecule is CC12CC1CCN2CCc1c[nH]c2ccccc12. The first-order valence-electron chi connectivity index (χ1n) is 7.07. The van der Waals surface area contributed by atoms with Crippen LogP contribution in [0.5, 0.6) is 0 Å². The van der Waals surface area contributed by atoms with E-state index >= 15 is 0 Å². The first kappa shape index (κ1) is 10.6. The summed E-state index contributed by atoms with van der Waals surface area (Å²) in [6.45, 7) is 4.97. The monoisotopic (exact) mass is 240 g/mol. The van der Waals surface area contributed by atoms with Crippen LogP contribution in [0.1, 0.15) is 25.3 Å². The first-order valence-corrected chi connectivity index (χ1v) is 7.07. The molecule has 94 valence electrons. The third-order valence-electron chi connectivity index (χ3n) is 5.17. The Balaban J connectivity index is 1.52. The zero-order valence-corrected chi connectivity index (χ0v) is 10.9. The highest BCUT2D eigenvalue weighted by Crippen LogP contribution is 2.55. The van der Waals surface area contributed by atoms with Gasteiger partial charge in [0.05, 0.1) is 0 Å².